The molecule has 7 heteroatoms. The molecule has 1 aliphatic rings. The fourth-order valence-electron chi connectivity index (χ4n) is 2.35. The highest BCUT2D eigenvalue weighted by atomic mass is 19.1. The Balaban J connectivity index is 1.94. The molecule has 0 unspecified atom stereocenters. The van der Waals surface area contributed by atoms with Crippen LogP contribution in [0.3, 0.4) is 0 Å². The molecule has 22 heavy (non-hydrogen) atoms. The van der Waals surface area contributed by atoms with Gasteiger partial charge in [0.25, 0.3) is 17.5 Å². The van der Waals surface area contributed by atoms with Crippen molar-refractivity contribution >= 4 is 17.5 Å². The van der Waals surface area contributed by atoms with Crippen LogP contribution in [0.25, 0.3) is 0 Å². The number of rotatable bonds is 3. The molecule has 0 saturated heterocycles. The number of nitrogens with zero attached hydrogens (tertiary/aromatic N) is 2. The maximum atomic E-state index is 13.2. The summed E-state index contributed by atoms with van der Waals surface area (Å²) in [5.74, 6) is -1.63. The Hall–Kier alpha value is -3.09. The van der Waals surface area contributed by atoms with Gasteiger partial charge in [0.05, 0.1) is 22.6 Å². The van der Waals surface area contributed by atoms with E-state index in [-0.39, 0.29) is 23.4 Å². The molecule has 0 saturated carbocycles. The number of carbonyl (C=O) groups excluding carboxylic acids is 2. The minimum absolute atomic E-state index is 0.00407. The molecular weight excluding hydrogens is 291 g/mol. The van der Waals surface area contributed by atoms with E-state index in [1.807, 2.05) is 0 Å². The average molecular weight is 300 g/mol. The summed E-state index contributed by atoms with van der Waals surface area (Å²) in [5.41, 5.74) is 0.319. The Labute approximate surface area is 123 Å². The molecule has 3 rings (SSSR count). The number of non-ortho nitro benzene ring substituents is 1. The maximum Gasteiger partial charge on any atom is 0.270 e. The van der Waals surface area contributed by atoms with Crippen LogP contribution in [0.15, 0.2) is 42.5 Å². The van der Waals surface area contributed by atoms with Crippen molar-refractivity contribution in [1.82, 2.24) is 4.90 Å². The van der Waals surface area contributed by atoms with Gasteiger partial charge in [-0.25, -0.2) is 4.39 Å². The van der Waals surface area contributed by atoms with Crippen LogP contribution >= 0.6 is 0 Å². The minimum atomic E-state index is -0.632. The highest BCUT2D eigenvalue weighted by Gasteiger charge is 2.36. The van der Waals surface area contributed by atoms with Crippen LogP contribution in [-0.4, -0.2) is 21.6 Å². The molecule has 2 aromatic rings. The smallest absolute Gasteiger partial charge is 0.270 e. The summed E-state index contributed by atoms with van der Waals surface area (Å²) in [7, 11) is 0. The van der Waals surface area contributed by atoms with Crippen LogP contribution in [0, 0.1) is 15.9 Å². The molecule has 0 spiro atoms. The lowest BCUT2D eigenvalue weighted by Gasteiger charge is -2.13. The van der Waals surface area contributed by atoms with Crippen LogP contribution in [-0.2, 0) is 6.54 Å². The lowest BCUT2D eigenvalue weighted by Crippen LogP contribution is -2.29. The van der Waals surface area contributed by atoms with Gasteiger partial charge in [0.2, 0.25) is 0 Å². The third-order valence-corrected chi connectivity index (χ3v) is 3.39. The Morgan fingerprint density at radius 3 is 2.45 bits per heavy atom. The SMILES string of the molecule is O=C1c2ccc([N+](=O)[O-])cc2C(=O)N1Cc1cccc(F)c1. The summed E-state index contributed by atoms with van der Waals surface area (Å²) < 4.78 is 13.2. The number of fused-ring (bicyclic) bond motifs is 1. The Morgan fingerprint density at radius 2 is 1.77 bits per heavy atom. The lowest BCUT2D eigenvalue weighted by molar-refractivity contribution is -0.384. The highest BCUT2D eigenvalue weighted by Crippen LogP contribution is 2.28. The molecule has 1 heterocycles. The summed E-state index contributed by atoms with van der Waals surface area (Å²) in [4.78, 5) is 35.5. The number of benzene rings is 2. The number of nitro groups is 1. The first-order valence-corrected chi connectivity index (χ1v) is 6.36. The van der Waals surface area contributed by atoms with Gasteiger partial charge in [0, 0.05) is 12.1 Å². The first kappa shape index (κ1) is 13.9. The standard InChI is InChI=1S/C15H9FN2O4/c16-10-3-1-2-9(6-10)8-17-14(19)12-5-4-11(18(21)22)7-13(12)15(17)20/h1-7H,8H2. The van der Waals surface area contributed by atoms with Crippen molar-refractivity contribution in [2.45, 2.75) is 6.54 Å². The zero-order chi connectivity index (χ0) is 15.9. The second-order valence-electron chi connectivity index (χ2n) is 4.81. The zero-order valence-corrected chi connectivity index (χ0v) is 11.2. The fraction of sp³-hybridized carbons (Fsp3) is 0.0667. The molecule has 0 N–H and O–H groups in total. The summed E-state index contributed by atoms with van der Waals surface area (Å²) >= 11 is 0. The van der Waals surface area contributed by atoms with Crippen molar-refractivity contribution in [2.75, 3.05) is 0 Å². The largest absolute Gasteiger partial charge is 0.270 e. The molecule has 0 aromatic heterocycles. The molecule has 6 nitrogen and oxygen atoms in total. The van der Waals surface area contributed by atoms with Gasteiger partial charge in [-0.05, 0) is 23.8 Å². The van der Waals surface area contributed by atoms with Crippen LogP contribution in [0.2, 0.25) is 0 Å². The van der Waals surface area contributed by atoms with Gasteiger partial charge in [-0.1, -0.05) is 12.1 Å². The van der Waals surface area contributed by atoms with Gasteiger partial charge >= 0.3 is 0 Å². The first-order chi connectivity index (χ1) is 10.5. The molecule has 2 aromatic carbocycles. The normalized spacial score (nSPS) is 13.4. The summed E-state index contributed by atoms with van der Waals surface area (Å²) in [6.45, 7) is -0.0854. The van der Waals surface area contributed by atoms with E-state index in [4.69, 9.17) is 0 Å². The second kappa shape index (κ2) is 5.03. The fourth-order valence-corrected chi connectivity index (χ4v) is 2.35. The molecule has 1 aliphatic heterocycles. The van der Waals surface area contributed by atoms with E-state index in [2.05, 4.69) is 0 Å². The van der Waals surface area contributed by atoms with Gasteiger partial charge < -0.3 is 0 Å². The third-order valence-electron chi connectivity index (χ3n) is 3.39. The first-order valence-electron chi connectivity index (χ1n) is 6.36. The number of carbonyl (C=O) groups is 2. The molecule has 0 atom stereocenters. The Kier molecular flexibility index (Phi) is 3.17. The number of hydrogen-bond acceptors (Lipinski definition) is 4. The number of amides is 2. The van der Waals surface area contributed by atoms with Gasteiger partial charge in [-0.2, -0.15) is 0 Å². The second-order valence-corrected chi connectivity index (χ2v) is 4.81. The van der Waals surface area contributed by atoms with E-state index in [1.54, 1.807) is 6.07 Å². The Morgan fingerprint density at radius 1 is 1.05 bits per heavy atom. The van der Waals surface area contributed by atoms with E-state index in [9.17, 15) is 24.1 Å². The summed E-state index contributed by atoms with van der Waals surface area (Å²) in [5, 5.41) is 10.8. The number of hydrogen-bond donors (Lipinski definition) is 0. The molecular formula is C15H9FN2O4. The predicted octanol–water partition coefficient (Wildman–Crippen LogP) is 2.53. The van der Waals surface area contributed by atoms with E-state index in [0.717, 1.165) is 11.0 Å². The van der Waals surface area contributed by atoms with Crippen LogP contribution in [0.4, 0.5) is 10.1 Å². The zero-order valence-electron chi connectivity index (χ0n) is 11.2. The monoisotopic (exact) mass is 300 g/mol. The van der Waals surface area contributed by atoms with Gasteiger partial charge in [-0.15, -0.1) is 0 Å². The van der Waals surface area contributed by atoms with Gasteiger partial charge in [0.1, 0.15) is 5.82 Å². The molecule has 0 radical (unpaired) electrons. The number of nitro benzene ring substituents is 1. The van der Waals surface area contributed by atoms with Gasteiger partial charge in [-0.3, -0.25) is 24.6 Å². The average Bonchev–Trinajstić information content (AvgIpc) is 2.72. The van der Waals surface area contributed by atoms with Crippen molar-refractivity contribution in [1.29, 1.82) is 0 Å². The van der Waals surface area contributed by atoms with Gasteiger partial charge in [0.15, 0.2) is 0 Å². The molecule has 0 fully saturated rings. The van der Waals surface area contributed by atoms with Crippen molar-refractivity contribution in [2.24, 2.45) is 0 Å². The topological polar surface area (TPSA) is 80.5 Å². The number of halogens is 1. The Bertz CT molecular complexity index is 819. The summed E-state index contributed by atoms with van der Waals surface area (Å²) in [6, 6.07) is 9.08. The minimum Gasteiger partial charge on any atom is -0.270 e. The summed E-state index contributed by atoms with van der Waals surface area (Å²) in [6.07, 6.45) is 0. The lowest BCUT2D eigenvalue weighted by atomic mass is 10.1. The van der Waals surface area contributed by atoms with Crippen LogP contribution in [0.5, 0.6) is 0 Å². The van der Waals surface area contributed by atoms with E-state index < -0.39 is 22.6 Å². The van der Waals surface area contributed by atoms with Crippen molar-refractivity contribution < 1.29 is 18.9 Å². The van der Waals surface area contributed by atoms with Crippen molar-refractivity contribution in [3.8, 4) is 0 Å². The van der Waals surface area contributed by atoms with E-state index in [1.165, 1.54) is 30.3 Å². The maximum absolute atomic E-state index is 13.2. The molecule has 0 aliphatic carbocycles. The van der Waals surface area contributed by atoms with Crippen LogP contribution in [0.1, 0.15) is 26.3 Å². The number of imide groups is 1. The van der Waals surface area contributed by atoms with E-state index >= 15 is 0 Å². The van der Waals surface area contributed by atoms with Crippen molar-refractivity contribution in [3.05, 3.63) is 75.1 Å². The van der Waals surface area contributed by atoms with Crippen LogP contribution < -0.4 is 0 Å². The predicted molar refractivity (Wildman–Crippen MR) is 73.7 cm³/mol. The highest BCUT2D eigenvalue weighted by molar-refractivity contribution is 6.21. The molecule has 0 bridgehead atoms. The van der Waals surface area contributed by atoms with E-state index in [0.29, 0.717) is 5.56 Å². The molecule has 110 valence electrons. The third kappa shape index (κ3) is 2.22. The molecule has 2 amide bonds. The van der Waals surface area contributed by atoms with Crippen molar-refractivity contribution in [3.63, 3.8) is 0 Å². The quantitative estimate of drug-likeness (QED) is 0.495.